The van der Waals surface area contributed by atoms with Gasteiger partial charge in [-0.1, -0.05) is 67.9 Å². The van der Waals surface area contributed by atoms with E-state index in [1.165, 1.54) is 5.56 Å². The van der Waals surface area contributed by atoms with Crippen LogP contribution in [0.4, 0.5) is 0 Å². The molecule has 1 aromatic heterocycles. The van der Waals surface area contributed by atoms with Gasteiger partial charge >= 0.3 is 5.97 Å². The Labute approximate surface area is 184 Å². The summed E-state index contributed by atoms with van der Waals surface area (Å²) in [4.78, 5) is 28.0. The first kappa shape index (κ1) is 22.5. The highest BCUT2D eigenvalue weighted by atomic mass is 16.4. The Morgan fingerprint density at radius 2 is 1.58 bits per heavy atom. The third-order valence-electron chi connectivity index (χ3n) is 6.00. The van der Waals surface area contributed by atoms with E-state index < -0.39 is 11.4 Å². The second-order valence-corrected chi connectivity index (χ2v) is 8.09. The van der Waals surface area contributed by atoms with Crippen LogP contribution in [0.25, 0.3) is 0 Å². The number of unbranched alkanes of at least 4 members (excludes halogenated alkanes) is 1. The van der Waals surface area contributed by atoms with Crippen LogP contribution in [0.1, 0.15) is 61.4 Å². The van der Waals surface area contributed by atoms with Gasteiger partial charge in [-0.2, -0.15) is 0 Å². The molecule has 0 fully saturated rings. The molecule has 4 nitrogen and oxygen atoms in total. The second-order valence-electron chi connectivity index (χ2n) is 8.09. The third kappa shape index (κ3) is 5.52. The molecule has 0 bridgehead atoms. The number of carbonyl (C=O) groups is 2. The molecule has 0 aliphatic rings. The molecule has 31 heavy (non-hydrogen) atoms. The number of benzene rings is 2. The Kier molecular flexibility index (Phi) is 7.82. The average molecular weight is 418 g/mol. The molecule has 0 radical (unpaired) electrons. The summed E-state index contributed by atoms with van der Waals surface area (Å²) in [5, 5.41) is 8.97. The first-order valence-electron chi connectivity index (χ1n) is 11.1. The number of carboxylic acids is 1. The lowest BCUT2D eigenvalue weighted by atomic mass is 9.69. The molecule has 1 heterocycles. The quantitative estimate of drug-likeness (QED) is 0.396. The van der Waals surface area contributed by atoms with E-state index >= 15 is 0 Å². The molecule has 2 N–H and O–H groups in total. The largest absolute Gasteiger partial charge is 0.481 e. The first-order valence-corrected chi connectivity index (χ1v) is 11.1. The van der Waals surface area contributed by atoms with Gasteiger partial charge in [0.15, 0.2) is 0 Å². The van der Waals surface area contributed by atoms with Gasteiger partial charge in [0.25, 0.3) is 0 Å². The Morgan fingerprint density at radius 3 is 2.19 bits per heavy atom. The van der Waals surface area contributed by atoms with Crippen LogP contribution in [0.15, 0.2) is 72.9 Å². The van der Waals surface area contributed by atoms with Gasteiger partial charge in [-0.3, -0.25) is 9.59 Å². The Bertz CT molecular complexity index is 961. The van der Waals surface area contributed by atoms with Crippen molar-refractivity contribution in [2.45, 2.75) is 57.3 Å². The maximum Gasteiger partial charge on any atom is 0.303 e. The van der Waals surface area contributed by atoms with E-state index in [4.69, 9.17) is 5.11 Å². The van der Waals surface area contributed by atoms with Crippen LogP contribution in [0.5, 0.6) is 0 Å². The van der Waals surface area contributed by atoms with E-state index in [-0.39, 0.29) is 12.2 Å². The van der Waals surface area contributed by atoms with Gasteiger partial charge < -0.3 is 10.1 Å². The molecule has 0 amide bonds. The summed E-state index contributed by atoms with van der Waals surface area (Å²) in [7, 11) is 0. The topological polar surface area (TPSA) is 70.2 Å². The van der Waals surface area contributed by atoms with Crippen molar-refractivity contribution in [3.05, 3.63) is 95.3 Å². The Balaban J connectivity index is 2.00. The molecule has 0 saturated heterocycles. The number of hydrogen-bond acceptors (Lipinski definition) is 2. The van der Waals surface area contributed by atoms with E-state index in [2.05, 4.69) is 24.0 Å². The van der Waals surface area contributed by atoms with Gasteiger partial charge in [-0.15, -0.1) is 0 Å². The van der Waals surface area contributed by atoms with Crippen molar-refractivity contribution in [2.75, 3.05) is 0 Å². The molecule has 4 heteroatoms. The van der Waals surface area contributed by atoms with E-state index in [1.54, 1.807) is 0 Å². The van der Waals surface area contributed by atoms with Crippen molar-refractivity contribution < 1.29 is 14.7 Å². The minimum absolute atomic E-state index is 0.102. The van der Waals surface area contributed by atoms with Crippen molar-refractivity contribution >= 4 is 11.8 Å². The number of aryl methyl sites for hydroxylation is 2. The minimum atomic E-state index is -0.803. The zero-order valence-electron chi connectivity index (χ0n) is 18.1. The number of carbonyl (C=O) groups excluding carboxylic acids is 1. The molecule has 0 saturated carbocycles. The second kappa shape index (κ2) is 10.8. The predicted octanol–water partition coefficient (Wildman–Crippen LogP) is 5.71. The number of rotatable bonds is 12. The molecule has 1 unspecified atom stereocenters. The fraction of sp³-hybridized carbons (Fsp3) is 0.333. The number of carboxylic acid groups (broad SMARTS) is 1. The van der Waals surface area contributed by atoms with Crippen LogP contribution in [0.2, 0.25) is 0 Å². The summed E-state index contributed by atoms with van der Waals surface area (Å²) < 4.78 is 0. The number of hydrogen-bond donors (Lipinski definition) is 2. The number of nitrogens with one attached hydrogen (secondary N) is 1. The van der Waals surface area contributed by atoms with E-state index in [1.807, 2.05) is 60.8 Å². The average Bonchev–Trinajstić information content (AvgIpc) is 3.33. The van der Waals surface area contributed by atoms with Crippen molar-refractivity contribution in [1.29, 1.82) is 0 Å². The standard InChI is InChI=1S/C27H31NO3/c1-2-3-11-25(29)27(24-10-7-20-28-24,19-18-21-8-5-4-6-9-21)23-15-12-22(13-16-23)14-17-26(30)31/h4-10,12-13,15-16,20,28H,2-3,11,14,17-19H2,1H3,(H,30,31). The summed E-state index contributed by atoms with van der Waals surface area (Å²) in [5.74, 6) is -0.576. The Morgan fingerprint density at radius 1 is 0.871 bits per heavy atom. The molecule has 3 rings (SSSR count). The van der Waals surface area contributed by atoms with Crippen LogP contribution in [0.3, 0.4) is 0 Å². The number of Topliss-reactive ketones (excluding diaryl/α,β-unsaturated/α-hetero) is 1. The normalized spacial score (nSPS) is 12.9. The highest BCUT2D eigenvalue weighted by Crippen LogP contribution is 2.39. The highest BCUT2D eigenvalue weighted by Gasteiger charge is 2.41. The Hall–Kier alpha value is -3.14. The van der Waals surface area contributed by atoms with Gasteiger partial charge in [0.2, 0.25) is 0 Å². The number of aromatic amines is 1. The number of aromatic nitrogens is 1. The fourth-order valence-electron chi connectivity index (χ4n) is 4.22. The SMILES string of the molecule is CCCCC(=O)C(CCc1ccccc1)(c1ccc(CCC(=O)O)cc1)c1ccc[nH]1. The van der Waals surface area contributed by atoms with Crippen LogP contribution >= 0.6 is 0 Å². The monoisotopic (exact) mass is 417 g/mol. The van der Waals surface area contributed by atoms with Crippen molar-refractivity contribution in [1.82, 2.24) is 4.98 Å². The first-order chi connectivity index (χ1) is 15.1. The molecule has 0 aliphatic carbocycles. The van der Waals surface area contributed by atoms with Crippen LogP contribution in [0, 0.1) is 0 Å². The summed E-state index contributed by atoms with van der Waals surface area (Å²) in [5.41, 5.74) is 3.31. The molecule has 3 aromatic rings. The van der Waals surface area contributed by atoms with Gasteiger partial charge in [-0.25, -0.2) is 0 Å². The molecular weight excluding hydrogens is 386 g/mol. The molecule has 2 aromatic carbocycles. The minimum Gasteiger partial charge on any atom is -0.481 e. The number of aliphatic carboxylic acids is 1. The van der Waals surface area contributed by atoms with Gasteiger partial charge in [0, 0.05) is 24.7 Å². The van der Waals surface area contributed by atoms with E-state index in [0.717, 1.165) is 36.1 Å². The van der Waals surface area contributed by atoms with Gasteiger partial charge in [-0.05, 0) is 54.5 Å². The molecule has 162 valence electrons. The number of H-pyrrole nitrogens is 1. The summed E-state index contributed by atoms with van der Waals surface area (Å²) in [6.45, 7) is 2.10. The van der Waals surface area contributed by atoms with Gasteiger partial charge in [0.1, 0.15) is 5.78 Å². The maximum absolute atomic E-state index is 13.7. The lowest BCUT2D eigenvalue weighted by molar-refractivity contribution is -0.137. The highest BCUT2D eigenvalue weighted by molar-refractivity contribution is 5.93. The zero-order valence-corrected chi connectivity index (χ0v) is 18.1. The molecule has 1 atom stereocenters. The predicted molar refractivity (Wildman–Crippen MR) is 123 cm³/mol. The molecule has 0 spiro atoms. The van der Waals surface area contributed by atoms with E-state index in [0.29, 0.717) is 19.3 Å². The van der Waals surface area contributed by atoms with Crippen LogP contribution in [-0.2, 0) is 27.8 Å². The van der Waals surface area contributed by atoms with Crippen LogP contribution < -0.4 is 0 Å². The lowest BCUT2D eigenvalue weighted by Crippen LogP contribution is -2.38. The fourth-order valence-corrected chi connectivity index (χ4v) is 4.22. The third-order valence-corrected chi connectivity index (χ3v) is 6.00. The van der Waals surface area contributed by atoms with Gasteiger partial charge in [0.05, 0.1) is 5.41 Å². The summed E-state index contributed by atoms with van der Waals surface area (Å²) in [6.07, 6.45) is 6.30. The number of ketones is 1. The van der Waals surface area contributed by atoms with Crippen molar-refractivity contribution in [3.8, 4) is 0 Å². The van der Waals surface area contributed by atoms with Crippen LogP contribution in [-0.4, -0.2) is 21.8 Å². The molecule has 0 aliphatic heterocycles. The lowest BCUT2D eigenvalue weighted by Gasteiger charge is -2.33. The smallest absolute Gasteiger partial charge is 0.303 e. The molecular formula is C27H31NO3. The maximum atomic E-state index is 13.7. The van der Waals surface area contributed by atoms with Crippen molar-refractivity contribution in [3.63, 3.8) is 0 Å². The van der Waals surface area contributed by atoms with Crippen molar-refractivity contribution in [2.24, 2.45) is 0 Å². The summed E-state index contributed by atoms with van der Waals surface area (Å²) >= 11 is 0. The van der Waals surface area contributed by atoms with E-state index in [9.17, 15) is 9.59 Å². The zero-order chi connectivity index (χ0) is 22.1. The summed E-state index contributed by atoms with van der Waals surface area (Å²) in [6, 6.07) is 22.2.